The fraction of sp³-hybridized carbons (Fsp3) is 0.240. The zero-order chi connectivity index (χ0) is 21.1. The predicted molar refractivity (Wildman–Crippen MR) is 113 cm³/mol. The van der Waals surface area contributed by atoms with E-state index in [0.29, 0.717) is 26.2 Å². The van der Waals surface area contributed by atoms with Crippen LogP contribution >= 0.6 is 0 Å². The lowest BCUT2D eigenvalue weighted by atomic mass is 9.95. The molecule has 4 rings (SSSR count). The summed E-state index contributed by atoms with van der Waals surface area (Å²) in [6.45, 7) is 4.14. The number of amides is 1. The molecule has 154 valence electrons. The lowest BCUT2D eigenvalue weighted by Crippen LogP contribution is -2.50. The van der Waals surface area contributed by atoms with E-state index in [4.69, 9.17) is 0 Å². The van der Waals surface area contributed by atoms with Gasteiger partial charge in [-0.1, -0.05) is 66.2 Å². The van der Waals surface area contributed by atoms with Crippen molar-refractivity contribution in [3.8, 4) is 0 Å². The van der Waals surface area contributed by atoms with E-state index in [0.717, 1.165) is 12.1 Å². The van der Waals surface area contributed by atoms with E-state index in [9.17, 15) is 13.6 Å². The van der Waals surface area contributed by atoms with Crippen molar-refractivity contribution in [3.05, 3.63) is 107 Å². The number of nitrogens with zero attached hydrogens (tertiary/aromatic N) is 2. The van der Waals surface area contributed by atoms with Crippen LogP contribution in [0.5, 0.6) is 0 Å². The van der Waals surface area contributed by atoms with Gasteiger partial charge in [0.25, 0.3) is 5.91 Å². The van der Waals surface area contributed by atoms with E-state index < -0.39 is 23.1 Å². The molecule has 3 nitrogen and oxygen atoms in total. The average molecular weight is 406 g/mol. The Morgan fingerprint density at radius 2 is 1.33 bits per heavy atom. The first-order chi connectivity index (χ1) is 14.5. The van der Waals surface area contributed by atoms with Crippen molar-refractivity contribution in [1.82, 2.24) is 9.80 Å². The Kier molecular flexibility index (Phi) is 5.91. The topological polar surface area (TPSA) is 23.6 Å². The Bertz CT molecular complexity index is 993. The molecule has 1 amide bonds. The molecule has 5 heteroatoms. The molecule has 0 aromatic heterocycles. The molecule has 0 spiro atoms. The maximum Gasteiger partial charge on any atom is 0.259 e. The molecule has 1 fully saturated rings. The van der Waals surface area contributed by atoms with Crippen molar-refractivity contribution in [2.75, 3.05) is 26.2 Å². The summed E-state index contributed by atoms with van der Waals surface area (Å²) >= 11 is 0. The first-order valence-electron chi connectivity index (χ1n) is 10.1. The van der Waals surface area contributed by atoms with Crippen LogP contribution in [-0.4, -0.2) is 41.9 Å². The Morgan fingerprint density at radius 3 is 1.93 bits per heavy atom. The first kappa shape index (κ1) is 20.2. The van der Waals surface area contributed by atoms with Crippen molar-refractivity contribution >= 4 is 5.91 Å². The summed E-state index contributed by atoms with van der Waals surface area (Å²) in [4.78, 5) is 16.6. The molecule has 1 aliphatic heterocycles. The van der Waals surface area contributed by atoms with E-state index >= 15 is 0 Å². The SMILES string of the molecule is Cc1ccc([C@@H](c2ccccc2)N2CCN(C(=O)c3c(F)cccc3F)CC2)cc1. The third kappa shape index (κ3) is 4.12. The van der Waals surface area contributed by atoms with E-state index in [2.05, 4.69) is 48.2 Å². The van der Waals surface area contributed by atoms with Gasteiger partial charge in [-0.3, -0.25) is 9.69 Å². The standard InChI is InChI=1S/C25H24F2N2O/c1-18-10-12-20(13-11-18)24(19-6-3-2-4-7-19)28-14-16-29(17-15-28)25(30)23-21(26)8-5-9-22(23)27/h2-13,24H,14-17H2,1H3/t24-/m1/s1. The molecule has 0 saturated carbocycles. The molecular weight excluding hydrogens is 382 g/mol. The molecule has 30 heavy (non-hydrogen) atoms. The van der Waals surface area contributed by atoms with Crippen LogP contribution in [-0.2, 0) is 0 Å². The van der Waals surface area contributed by atoms with Gasteiger partial charge in [0.15, 0.2) is 0 Å². The summed E-state index contributed by atoms with van der Waals surface area (Å²) < 4.78 is 28.1. The highest BCUT2D eigenvalue weighted by Crippen LogP contribution is 2.30. The average Bonchev–Trinajstić information content (AvgIpc) is 2.76. The fourth-order valence-corrected chi connectivity index (χ4v) is 4.04. The van der Waals surface area contributed by atoms with Crippen molar-refractivity contribution in [3.63, 3.8) is 0 Å². The van der Waals surface area contributed by atoms with Crippen molar-refractivity contribution in [1.29, 1.82) is 0 Å². The van der Waals surface area contributed by atoms with E-state index in [-0.39, 0.29) is 6.04 Å². The van der Waals surface area contributed by atoms with Gasteiger partial charge in [0.2, 0.25) is 0 Å². The normalized spacial score (nSPS) is 15.8. The van der Waals surface area contributed by atoms with Crippen LogP contribution < -0.4 is 0 Å². The Labute approximate surface area is 175 Å². The fourth-order valence-electron chi connectivity index (χ4n) is 4.04. The van der Waals surface area contributed by atoms with Gasteiger partial charge < -0.3 is 4.90 Å². The highest BCUT2D eigenvalue weighted by atomic mass is 19.1. The van der Waals surface area contributed by atoms with Crippen LogP contribution in [0.2, 0.25) is 0 Å². The second-order valence-corrected chi connectivity index (χ2v) is 7.65. The lowest BCUT2D eigenvalue weighted by molar-refractivity contribution is 0.0588. The number of aryl methyl sites for hydroxylation is 1. The highest BCUT2D eigenvalue weighted by Gasteiger charge is 2.30. The monoisotopic (exact) mass is 406 g/mol. The molecule has 0 bridgehead atoms. The maximum atomic E-state index is 14.0. The van der Waals surface area contributed by atoms with Gasteiger partial charge >= 0.3 is 0 Å². The number of hydrogen-bond acceptors (Lipinski definition) is 2. The van der Waals surface area contributed by atoms with Gasteiger partial charge in [0.05, 0.1) is 6.04 Å². The molecule has 1 atom stereocenters. The minimum absolute atomic E-state index is 0.0641. The third-order valence-corrected chi connectivity index (χ3v) is 5.65. The van der Waals surface area contributed by atoms with Crippen molar-refractivity contribution in [2.24, 2.45) is 0 Å². The number of carbonyl (C=O) groups excluding carboxylic acids is 1. The molecule has 3 aromatic carbocycles. The summed E-state index contributed by atoms with van der Waals surface area (Å²) in [6, 6.07) is 22.3. The molecule has 0 unspecified atom stereocenters. The number of rotatable bonds is 4. The summed E-state index contributed by atoms with van der Waals surface area (Å²) in [5.74, 6) is -2.22. The molecular formula is C25H24F2N2O. The summed E-state index contributed by atoms with van der Waals surface area (Å²) in [5, 5.41) is 0. The van der Waals surface area contributed by atoms with Gasteiger partial charge in [0.1, 0.15) is 17.2 Å². The van der Waals surface area contributed by atoms with E-state index in [1.807, 2.05) is 18.2 Å². The Hall–Kier alpha value is -3.05. The Balaban J connectivity index is 1.54. The number of piperazine rings is 1. The van der Waals surface area contributed by atoms with Gasteiger partial charge in [-0.05, 0) is 30.2 Å². The van der Waals surface area contributed by atoms with E-state index in [1.165, 1.54) is 27.7 Å². The third-order valence-electron chi connectivity index (χ3n) is 5.65. The van der Waals surface area contributed by atoms with Crippen LogP contribution in [0, 0.1) is 18.6 Å². The number of benzene rings is 3. The molecule has 0 radical (unpaired) electrons. The smallest absolute Gasteiger partial charge is 0.259 e. The van der Waals surface area contributed by atoms with Gasteiger partial charge in [0, 0.05) is 26.2 Å². The van der Waals surface area contributed by atoms with Crippen LogP contribution in [0.1, 0.15) is 33.1 Å². The second kappa shape index (κ2) is 8.76. The highest BCUT2D eigenvalue weighted by molar-refractivity contribution is 5.94. The number of hydrogen-bond donors (Lipinski definition) is 0. The molecule has 0 N–H and O–H groups in total. The number of halogens is 2. The largest absolute Gasteiger partial charge is 0.336 e. The summed E-state index contributed by atoms with van der Waals surface area (Å²) in [6.07, 6.45) is 0. The number of carbonyl (C=O) groups is 1. The van der Waals surface area contributed by atoms with Crippen LogP contribution in [0.15, 0.2) is 72.8 Å². The van der Waals surface area contributed by atoms with E-state index in [1.54, 1.807) is 0 Å². The molecule has 0 aliphatic carbocycles. The zero-order valence-corrected chi connectivity index (χ0v) is 16.9. The maximum absolute atomic E-state index is 14.0. The second-order valence-electron chi connectivity index (χ2n) is 7.65. The van der Waals surface area contributed by atoms with Crippen LogP contribution in [0.25, 0.3) is 0 Å². The molecule has 3 aromatic rings. The minimum Gasteiger partial charge on any atom is -0.336 e. The predicted octanol–water partition coefficient (Wildman–Crippen LogP) is 4.82. The van der Waals surface area contributed by atoms with Crippen LogP contribution in [0.3, 0.4) is 0 Å². The summed E-state index contributed by atoms with van der Waals surface area (Å²) in [5.41, 5.74) is 3.10. The van der Waals surface area contributed by atoms with Gasteiger partial charge in [-0.15, -0.1) is 0 Å². The van der Waals surface area contributed by atoms with Crippen LogP contribution in [0.4, 0.5) is 8.78 Å². The summed E-state index contributed by atoms with van der Waals surface area (Å²) in [7, 11) is 0. The molecule has 1 aliphatic rings. The van der Waals surface area contributed by atoms with Crippen molar-refractivity contribution in [2.45, 2.75) is 13.0 Å². The quantitative estimate of drug-likeness (QED) is 0.620. The molecule has 1 heterocycles. The lowest BCUT2D eigenvalue weighted by Gasteiger charge is -2.40. The first-order valence-corrected chi connectivity index (χ1v) is 10.1. The van der Waals surface area contributed by atoms with Gasteiger partial charge in [-0.2, -0.15) is 0 Å². The van der Waals surface area contributed by atoms with Gasteiger partial charge in [-0.25, -0.2) is 8.78 Å². The molecule has 1 saturated heterocycles. The minimum atomic E-state index is -0.816. The van der Waals surface area contributed by atoms with Crippen molar-refractivity contribution < 1.29 is 13.6 Å². The Morgan fingerprint density at radius 1 is 0.767 bits per heavy atom. The zero-order valence-electron chi connectivity index (χ0n) is 16.9.